The van der Waals surface area contributed by atoms with Gasteiger partial charge in [0.05, 0.1) is 0 Å². The summed E-state index contributed by atoms with van der Waals surface area (Å²) >= 11 is 0. The molecule has 1 aliphatic heterocycles. The van der Waals surface area contributed by atoms with Crippen molar-refractivity contribution in [2.75, 3.05) is 19.6 Å². The van der Waals surface area contributed by atoms with Gasteiger partial charge in [0.25, 0.3) is 0 Å². The molecular weight excluding hydrogens is 208 g/mol. The molecule has 1 fully saturated rings. The number of imidazole rings is 1. The largest absolute Gasteiger partial charge is 0.336 e. The van der Waals surface area contributed by atoms with Crippen LogP contribution in [0, 0.1) is 0 Å². The third-order valence-corrected chi connectivity index (χ3v) is 2.39. The number of H-pyrrole nitrogens is 1. The number of aryl methyl sites for hydroxylation is 1. The maximum absolute atomic E-state index is 10.6. The summed E-state index contributed by atoms with van der Waals surface area (Å²) < 4.78 is 1.60. The molecule has 2 rings (SSSR count). The minimum Gasteiger partial charge on any atom is -0.336 e. The number of carbonyl (C=O) groups excluding carboxylic acids is 1. The topological polar surface area (TPSA) is 70.1 Å². The molecule has 0 bridgehead atoms. The van der Waals surface area contributed by atoms with Crippen molar-refractivity contribution in [3.63, 3.8) is 0 Å². The fourth-order valence-corrected chi connectivity index (χ4v) is 1.41. The maximum atomic E-state index is 10.6. The summed E-state index contributed by atoms with van der Waals surface area (Å²) in [6.45, 7) is 7.15. The van der Waals surface area contributed by atoms with Gasteiger partial charge in [-0.25, -0.2) is 9.59 Å². The highest BCUT2D eigenvalue weighted by Gasteiger charge is 2.15. The number of hydrogen-bond donors (Lipinski definition) is 2. The van der Waals surface area contributed by atoms with E-state index in [0.29, 0.717) is 0 Å². The van der Waals surface area contributed by atoms with E-state index in [1.807, 2.05) is 13.8 Å². The van der Waals surface area contributed by atoms with E-state index in [9.17, 15) is 9.59 Å². The predicted molar refractivity (Wildman–Crippen MR) is 61.4 cm³/mol. The highest BCUT2D eigenvalue weighted by Crippen LogP contribution is 1.93. The van der Waals surface area contributed by atoms with Crippen LogP contribution in [0.2, 0.25) is 0 Å². The van der Waals surface area contributed by atoms with Crippen molar-refractivity contribution in [1.82, 2.24) is 19.8 Å². The first kappa shape index (κ1) is 12.4. The van der Waals surface area contributed by atoms with Crippen LogP contribution in [-0.2, 0) is 6.54 Å². The van der Waals surface area contributed by atoms with Gasteiger partial charge in [-0.15, -0.1) is 0 Å². The van der Waals surface area contributed by atoms with Crippen LogP contribution in [0.5, 0.6) is 0 Å². The van der Waals surface area contributed by atoms with Crippen molar-refractivity contribution in [1.29, 1.82) is 0 Å². The molecule has 2 N–H and O–H groups in total. The van der Waals surface area contributed by atoms with E-state index in [1.54, 1.807) is 21.9 Å². The lowest BCUT2D eigenvalue weighted by molar-refractivity contribution is 0.219. The number of carbonyl (C=O) groups is 1. The number of amides is 2. The summed E-state index contributed by atoms with van der Waals surface area (Å²) in [4.78, 5) is 25.5. The van der Waals surface area contributed by atoms with Crippen LogP contribution < -0.4 is 11.0 Å². The first-order valence-corrected chi connectivity index (χ1v) is 5.45. The molecule has 90 valence electrons. The number of hydrogen-bond acceptors (Lipinski definition) is 2. The lowest BCUT2D eigenvalue weighted by Crippen LogP contribution is -2.27. The van der Waals surface area contributed by atoms with Gasteiger partial charge in [-0.1, -0.05) is 0 Å². The molecule has 2 amide bonds. The third kappa shape index (κ3) is 3.15. The van der Waals surface area contributed by atoms with Crippen LogP contribution >= 0.6 is 0 Å². The minimum absolute atomic E-state index is 0.0347. The highest BCUT2D eigenvalue weighted by molar-refractivity contribution is 5.75. The molecule has 0 spiro atoms. The fraction of sp³-hybridized carbons (Fsp3) is 0.600. The molecule has 0 aliphatic carbocycles. The minimum atomic E-state index is -0.0347. The monoisotopic (exact) mass is 226 g/mol. The molecule has 6 heteroatoms. The number of aromatic nitrogens is 2. The molecule has 0 unspecified atom stereocenters. The Labute approximate surface area is 94.3 Å². The second kappa shape index (κ2) is 5.99. The number of aromatic amines is 1. The van der Waals surface area contributed by atoms with Crippen molar-refractivity contribution in [2.24, 2.45) is 0 Å². The number of urea groups is 1. The molecule has 1 aromatic rings. The Morgan fingerprint density at radius 2 is 2.06 bits per heavy atom. The first-order chi connectivity index (χ1) is 7.69. The Balaban J connectivity index is 0.000000160. The lowest BCUT2D eigenvalue weighted by Gasteiger charge is -2.08. The zero-order valence-electron chi connectivity index (χ0n) is 9.69. The van der Waals surface area contributed by atoms with Crippen LogP contribution in [0.4, 0.5) is 4.79 Å². The summed E-state index contributed by atoms with van der Waals surface area (Å²) in [6, 6.07) is 0.0764. The summed E-state index contributed by atoms with van der Waals surface area (Å²) in [7, 11) is 0. The zero-order valence-corrected chi connectivity index (χ0v) is 9.69. The smallest absolute Gasteiger partial charge is 0.325 e. The molecule has 16 heavy (non-hydrogen) atoms. The number of rotatable bonds is 2. The number of nitrogens with one attached hydrogen (secondary N) is 2. The van der Waals surface area contributed by atoms with Gasteiger partial charge >= 0.3 is 11.7 Å². The van der Waals surface area contributed by atoms with Crippen LogP contribution in [-0.4, -0.2) is 40.1 Å². The normalized spacial score (nSPS) is 14.4. The molecule has 2 heterocycles. The average Bonchev–Trinajstić information content (AvgIpc) is 2.87. The van der Waals surface area contributed by atoms with Gasteiger partial charge in [-0.3, -0.25) is 4.57 Å². The standard InChI is InChI=1S/C5H10N2O.C5H8N2O/c2*1-2-7-4-3-6-5(7)8/h2-4H2,1H3,(H,6,8);3-4H,2H2,1H3,(H,6,8). The van der Waals surface area contributed by atoms with E-state index in [1.165, 1.54) is 0 Å². The summed E-state index contributed by atoms with van der Waals surface area (Å²) in [5.41, 5.74) is -0.0347. The van der Waals surface area contributed by atoms with Crippen LogP contribution in [0.1, 0.15) is 13.8 Å². The maximum Gasteiger partial charge on any atom is 0.325 e. The summed E-state index contributed by atoms with van der Waals surface area (Å²) in [5.74, 6) is 0. The second-order valence-electron chi connectivity index (χ2n) is 3.36. The molecule has 6 nitrogen and oxygen atoms in total. The van der Waals surface area contributed by atoms with E-state index < -0.39 is 0 Å². The Bertz CT molecular complexity index is 382. The van der Waals surface area contributed by atoms with Gasteiger partial charge < -0.3 is 15.2 Å². The van der Waals surface area contributed by atoms with E-state index in [4.69, 9.17) is 0 Å². The van der Waals surface area contributed by atoms with Gasteiger partial charge in [-0.05, 0) is 13.8 Å². The third-order valence-electron chi connectivity index (χ3n) is 2.39. The summed E-state index contributed by atoms with van der Waals surface area (Å²) in [6.07, 6.45) is 3.36. The SMILES string of the molecule is CCN1CCNC1=O.CCn1cc[nH]c1=O. The quantitative estimate of drug-likeness (QED) is 0.757. The van der Waals surface area contributed by atoms with E-state index >= 15 is 0 Å². The summed E-state index contributed by atoms with van der Waals surface area (Å²) in [5, 5.41) is 2.71. The molecule has 1 aromatic heterocycles. The van der Waals surface area contributed by atoms with Gasteiger partial charge in [0, 0.05) is 38.6 Å². The van der Waals surface area contributed by atoms with Gasteiger partial charge in [-0.2, -0.15) is 0 Å². The van der Waals surface area contributed by atoms with Gasteiger partial charge in [0.2, 0.25) is 0 Å². The van der Waals surface area contributed by atoms with Crippen molar-refractivity contribution in [3.8, 4) is 0 Å². The Morgan fingerprint density at radius 3 is 2.31 bits per heavy atom. The molecule has 0 saturated carbocycles. The zero-order chi connectivity index (χ0) is 12.0. The molecular formula is C10H18N4O2. The average molecular weight is 226 g/mol. The van der Waals surface area contributed by atoms with E-state index in [0.717, 1.165) is 26.2 Å². The molecule has 0 aromatic carbocycles. The van der Waals surface area contributed by atoms with Gasteiger partial charge in [0.15, 0.2) is 0 Å². The van der Waals surface area contributed by atoms with E-state index in [-0.39, 0.29) is 11.7 Å². The molecule has 0 radical (unpaired) electrons. The first-order valence-electron chi connectivity index (χ1n) is 5.45. The number of likely N-dealkylation sites (N-methyl/N-ethyl adjacent to an activating group) is 1. The fourth-order valence-electron chi connectivity index (χ4n) is 1.41. The Hall–Kier alpha value is -1.72. The molecule has 1 saturated heterocycles. The van der Waals surface area contributed by atoms with Crippen LogP contribution in [0.15, 0.2) is 17.2 Å². The molecule has 0 atom stereocenters. The van der Waals surface area contributed by atoms with Crippen molar-refractivity contribution in [3.05, 3.63) is 22.9 Å². The van der Waals surface area contributed by atoms with Crippen molar-refractivity contribution in [2.45, 2.75) is 20.4 Å². The van der Waals surface area contributed by atoms with Crippen molar-refractivity contribution < 1.29 is 4.79 Å². The molecule has 1 aliphatic rings. The van der Waals surface area contributed by atoms with Crippen LogP contribution in [0.3, 0.4) is 0 Å². The lowest BCUT2D eigenvalue weighted by atomic mass is 10.6. The Kier molecular flexibility index (Phi) is 4.63. The van der Waals surface area contributed by atoms with Crippen LogP contribution in [0.25, 0.3) is 0 Å². The number of nitrogens with zero attached hydrogens (tertiary/aromatic N) is 2. The second-order valence-corrected chi connectivity index (χ2v) is 3.36. The van der Waals surface area contributed by atoms with Gasteiger partial charge in [0.1, 0.15) is 0 Å². The predicted octanol–water partition coefficient (Wildman–Crippen LogP) is 0.228. The highest BCUT2D eigenvalue weighted by atomic mass is 16.2. The van der Waals surface area contributed by atoms with Crippen molar-refractivity contribution >= 4 is 6.03 Å². The Morgan fingerprint density at radius 1 is 1.31 bits per heavy atom. The van der Waals surface area contributed by atoms with E-state index in [2.05, 4.69) is 10.3 Å².